The third-order valence-electron chi connectivity index (χ3n) is 1.93. The molecular weight excluding hydrogens is 256 g/mol. The molecule has 0 atom stereocenters. The Bertz CT molecular complexity index is 426. The highest BCUT2D eigenvalue weighted by atomic mass is 35.5. The van der Waals surface area contributed by atoms with E-state index in [2.05, 4.69) is 9.72 Å². The van der Waals surface area contributed by atoms with Crippen LogP contribution in [0.4, 0.5) is 8.78 Å². The van der Waals surface area contributed by atoms with Gasteiger partial charge in [0.15, 0.2) is 5.69 Å². The molecule has 0 radical (unpaired) electrons. The van der Waals surface area contributed by atoms with Gasteiger partial charge in [-0.1, -0.05) is 11.6 Å². The minimum absolute atomic E-state index is 0.104. The van der Waals surface area contributed by atoms with Gasteiger partial charge in [-0.25, -0.2) is 18.6 Å². The number of hydrogen-bond acceptors (Lipinski definition) is 4. The van der Waals surface area contributed by atoms with Crippen molar-refractivity contribution in [3.8, 4) is 5.75 Å². The van der Waals surface area contributed by atoms with Gasteiger partial charge in [0.1, 0.15) is 5.75 Å². The van der Waals surface area contributed by atoms with Crippen LogP contribution in [0.25, 0.3) is 0 Å². The quantitative estimate of drug-likeness (QED) is 0.786. The topological polar surface area (TPSA) is 48.4 Å². The average molecular weight is 266 g/mol. The minimum Gasteiger partial charge on any atom is -0.495 e. The van der Waals surface area contributed by atoms with Crippen molar-refractivity contribution in [2.24, 2.45) is 0 Å². The number of ether oxygens (including phenoxy) is 2. The first-order valence-corrected chi connectivity index (χ1v) is 5.08. The highest BCUT2D eigenvalue weighted by Gasteiger charge is 2.25. The number of esters is 1. The van der Waals surface area contributed by atoms with E-state index in [9.17, 15) is 13.6 Å². The molecule has 0 unspecified atom stereocenters. The zero-order chi connectivity index (χ0) is 13.0. The van der Waals surface area contributed by atoms with E-state index in [1.165, 1.54) is 7.11 Å². The maximum absolute atomic E-state index is 12.8. The smallest absolute Gasteiger partial charge is 0.358 e. The van der Waals surface area contributed by atoms with Gasteiger partial charge in [0.05, 0.1) is 30.5 Å². The molecule has 0 saturated heterocycles. The summed E-state index contributed by atoms with van der Waals surface area (Å²) in [5.41, 5.74) is -0.906. The highest BCUT2D eigenvalue weighted by molar-refractivity contribution is 6.34. The van der Waals surface area contributed by atoms with Gasteiger partial charge in [-0.15, -0.1) is 0 Å². The van der Waals surface area contributed by atoms with Gasteiger partial charge in [0, 0.05) is 0 Å². The van der Waals surface area contributed by atoms with E-state index in [4.69, 9.17) is 16.3 Å². The second-order valence-electron chi connectivity index (χ2n) is 2.92. The minimum atomic E-state index is -2.87. The lowest BCUT2D eigenvalue weighted by Gasteiger charge is -2.11. The second-order valence-corrected chi connectivity index (χ2v) is 3.30. The number of rotatable bonds is 4. The Morgan fingerprint density at radius 1 is 1.59 bits per heavy atom. The number of carbonyl (C=O) groups is 1. The van der Waals surface area contributed by atoms with E-state index in [0.29, 0.717) is 0 Å². The number of nitrogens with zero attached hydrogens (tertiary/aromatic N) is 1. The zero-order valence-corrected chi connectivity index (χ0v) is 9.92. The van der Waals surface area contributed by atoms with Crippen molar-refractivity contribution in [2.45, 2.75) is 13.3 Å². The number of aromatic nitrogens is 1. The molecule has 1 aromatic heterocycles. The van der Waals surface area contributed by atoms with Crippen molar-refractivity contribution in [1.29, 1.82) is 0 Å². The third-order valence-corrected chi connectivity index (χ3v) is 2.31. The van der Waals surface area contributed by atoms with Crippen molar-refractivity contribution in [3.63, 3.8) is 0 Å². The molecule has 0 N–H and O–H groups in total. The van der Waals surface area contributed by atoms with Crippen LogP contribution in [0.5, 0.6) is 5.75 Å². The molecule has 0 aliphatic carbocycles. The van der Waals surface area contributed by atoms with E-state index >= 15 is 0 Å². The van der Waals surface area contributed by atoms with Crippen LogP contribution in [-0.2, 0) is 4.74 Å². The summed E-state index contributed by atoms with van der Waals surface area (Å²) in [6.45, 7) is 1.69. The Kier molecular flexibility index (Phi) is 4.62. The second kappa shape index (κ2) is 5.77. The fourth-order valence-electron chi connectivity index (χ4n) is 1.19. The number of hydrogen-bond donors (Lipinski definition) is 0. The molecule has 94 valence electrons. The van der Waals surface area contributed by atoms with Crippen molar-refractivity contribution in [2.75, 3.05) is 13.7 Å². The van der Waals surface area contributed by atoms with Gasteiger partial charge in [-0.05, 0) is 6.92 Å². The molecule has 0 bridgehead atoms. The lowest BCUT2D eigenvalue weighted by molar-refractivity contribution is 0.0519. The van der Waals surface area contributed by atoms with Crippen LogP contribution in [-0.4, -0.2) is 24.7 Å². The number of alkyl halides is 2. The number of methoxy groups -OCH3 is 1. The van der Waals surface area contributed by atoms with E-state index in [1.54, 1.807) is 6.92 Å². The molecule has 1 rings (SSSR count). The van der Waals surface area contributed by atoms with Crippen LogP contribution in [0.3, 0.4) is 0 Å². The summed E-state index contributed by atoms with van der Waals surface area (Å²) >= 11 is 5.69. The Morgan fingerprint density at radius 2 is 2.24 bits per heavy atom. The molecule has 0 saturated carbocycles. The van der Waals surface area contributed by atoms with Crippen LogP contribution < -0.4 is 4.74 Å². The maximum Gasteiger partial charge on any atom is 0.358 e. The Labute approximate surface area is 101 Å². The van der Waals surface area contributed by atoms with Crippen molar-refractivity contribution < 1.29 is 23.0 Å². The fraction of sp³-hybridized carbons (Fsp3) is 0.400. The van der Waals surface area contributed by atoms with E-state index in [0.717, 1.165) is 6.20 Å². The zero-order valence-electron chi connectivity index (χ0n) is 9.17. The lowest BCUT2D eigenvalue weighted by atomic mass is 10.2. The van der Waals surface area contributed by atoms with Crippen molar-refractivity contribution in [3.05, 3.63) is 22.5 Å². The first-order valence-electron chi connectivity index (χ1n) is 4.70. The van der Waals surface area contributed by atoms with Crippen LogP contribution in [0.2, 0.25) is 5.02 Å². The highest BCUT2D eigenvalue weighted by Crippen LogP contribution is 2.36. The van der Waals surface area contributed by atoms with Gasteiger partial charge >= 0.3 is 5.97 Å². The largest absolute Gasteiger partial charge is 0.495 e. The molecule has 0 fully saturated rings. The SMILES string of the molecule is CCOC(=O)c1ncc(OC)c(C(F)F)c1Cl. The lowest BCUT2D eigenvalue weighted by Crippen LogP contribution is -2.10. The first kappa shape index (κ1) is 13.6. The standard InChI is InChI=1S/C10H10ClF2NO3/c1-3-17-10(15)8-7(11)6(9(12)13)5(16-2)4-14-8/h4,9H,3H2,1-2H3. The fourth-order valence-corrected chi connectivity index (χ4v) is 1.49. The molecule has 4 nitrogen and oxygen atoms in total. The van der Waals surface area contributed by atoms with Gasteiger partial charge in [-0.3, -0.25) is 0 Å². The molecule has 0 aliphatic rings. The van der Waals surface area contributed by atoms with Crippen molar-refractivity contribution >= 4 is 17.6 Å². The first-order chi connectivity index (χ1) is 8.02. The summed E-state index contributed by atoms with van der Waals surface area (Å²) in [6.07, 6.45) is -1.85. The van der Waals surface area contributed by atoms with Crippen LogP contribution in [0.15, 0.2) is 6.20 Å². The van der Waals surface area contributed by atoms with E-state index in [-0.39, 0.29) is 18.1 Å². The van der Waals surface area contributed by atoms with Crippen molar-refractivity contribution in [1.82, 2.24) is 4.98 Å². The third kappa shape index (κ3) is 2.82. The molecule has 17 heavy (non-hydrogen) atoms. The summed E-state index contributed by atoms with van der Waals surface area (Å²) in [4.78, 5) is 15.0. The monoisotopic (exact) mass is 265 g/mol. The van der Waals surface area contributed by atoms with Crippen LogP contribution in [0.1, 0.15) is 29.4 Å². The molecule has 0 spiro atoms. The maximum atomic E-state index is 12.8. The Morgan fingerprint density at radius 3 is 2.71 bits per heavy atom. The molecule has 7 heteroatoms. The predicted octanol–water partition coefficient (Wildman–Crippen LogP) is 2.86. The van der Waals surface area contributed by atoms with Gasteiger partial charge in [-0.2, -0.15) is 0 Å². The normalized spacial score (nSPS) is 10.5. The Hall–Kier alpha value is -1.43. The van der Waals surface area contributed by atoms with Gasteiger partial charge < -0.3 is 9.47 Å². The molecule has 1 heterocycles. The number of pyridine rings is 1. The molecular formula is C10H10ClF2NO3. The predicted molar refractivity (Wildman–Crippen MR) is 56.7 cm³/mol. The molecule has 0 aromatic carbocycles. The van der Waals surface area contributed by atoms with Gasteiger partial charge in [0.25, 0.3) is 6.43 Å². The number of carbonyl (C=O) groups excluding carboxylic acids is 1. The number of halogens is 3. The summed E-state index contributed by atoms with van der Waals surface area (Å²) in [5.74, 6) is -1.01. The van der Waals surface area contributed by atoms with Crippen LogP contribution in [0, 0.1) is 0 Å². The van der Waals surface area contributed by atoms with E-state index in [1.807, 2.05) is 0 Å². The summed E-state index contributed by atoms with van der Waals surface area (Å²) < 4.78 is 34.9. The van der Waals surface area contributed by atoms with Crippen LogP contribution >= 0.6 is 11.6 Å². The van der Waals surface area contributed by atoms with Gasteiger partial charge in [0.2, 0.25) is 0 Å². The summed E-state index contributed by atoms with van der Waals surface area (Å²) in [6, 6.07) is 0. The molecule has 0 aliphatic heterocycles. The Balaban J connectivity index is 3.27. The molecule has 0 amide bonds. The summed E-state index contributed by atoms with van der Waals surface area (Å²) in [5, 5.41) is -0.446. The summed E-state index contributed by atoms with van der Waals surface area (Å²) in [7, 11) is 1.21. The average Bonchev–Trinajstić information content (AvgIpc) is 2.27. The van der Waals surface area contributed by atoms with E-state index < -0.39 is 23.0 Å². The molecule has 1 aromatic rings.